The molecule has 1 N–H and O–H groups in total. The molecule has 1 amide bonds. The predicted octanol–water partition coefficient (Wildman–Crippen LogP) is 10.9. The van der Waals surface area contributed by atoms with Gasteiger partial charge in [0.05, 0.1) is 26.2 Å². The van der Waals surface area contributed by atoms with Gasteiger partial charge < -0.3 is 19.5 Å². The monoisotopic (exact) mass is 640 g/mol. The second kappa shape index (κ2) is 37.3. The van der Waals surface area contributed by atoms with Crippen molar-refractivity contribution in [3.63, 3.8) is 0 Å². The maximum Gasteiger partial charge on any atom is 0.306 e. The lowest BCUT2D eigenvalue weighted by Gasteiger charge is -2.18. The van der Waals surface area contributed by atoms with Gasteiger partial charge >= 0.3 is 5.97 Å². The Balaban J connectivity index is 4.15. The lowest BCUT2D eigenvalue weighted by Crippen LogP contribution is -2.30. The highest BCUT2D eigenvalue weighted by Crippen LogP contribution is 2.20. The fourth-order valence-electron chi connectivity index (χ4n) is 5.99. The molecule has 0 spiro atoms. The van der Waals surface area contributed by atoms with E-state index in [4.69, 9.17) is 14.2 Å². The van der Waals surface area contributed by atoms with Crippen LogP contribution in [0.2, 0.25) is 0 Å². The van der Waals surface area contributed by atoms with Crippen LogP contribution in [0, 0.1) is 5.92 Å². The second-order valence-corrected chi connectivity index (χ2v) is 13.4. The molecule has 0 rings (SSSR count). The summed E-state index contributed by atoms with van der Waals surface area (Å²) < 4.78 is 15.4. The Morgan fingerprint density at radius 2 is 0.911 bits per heavy atom. The molecule has 0 aromatic rings. The highest BCUT2D eigenvalue weighted by molar-refractivity contribution is 5.81. The third kappa shape index (κ3) is 35.6. The standard InChI is InChI=1S/C39H77NO5/c1-4-6-8-10-12-14-16-18-20-22-24-26-28-37(29-27-25-23-21-19-17-15-13-11-9-7-5-2)36-40-38(41)30-31-39(42)45-35-34-44-33-32-43-3/h37H,4-36H2,1-3H3,(H,40,41). The van der Waals surface area contributed by atoms with E-state index in [1.165, 1.54) is 167 Å². The molecule has 268 valence electrons. The first-order valence-electron chi connectivity index (χ1n) is 19.6. The minimum absolute atomic E-state index is 0.0438. The number of hydrogen-bond acceptors (Lipinski definition) is 5. The van der Waals surface area contributed by atoms with Gasteiger partial charge in [0.25, 0.3) is 0 Å². The predicted molar refractivity (Wildman–Crippen MR) is 191 cm³/mol. The summed E-state index contributed by atoms with van der Waals surface area (Å²) in [6.45, 7) is 6.86. The zero-order valence-electron chi connectivity index (χ0n) is 30.5. The van der Waals surface area contributed by atoms with Gasteiger partial charge in [-0.25, -0.2) is 0 Å². The summed E-state index contributed by atoms with van der Waals surface area (Å²) in [7, 11) is 1.62. The van der Waals surface area contributed by atoms with Crippen LogP contribution in [0.3, 0.4) is 0 Å². The average molecular weight is 640 g/mol. The van der Waals surface area contributed by atoms with E-state index in [9.17, 15) is 9.59 Å². The van der Waals surface area contributed by atoms with Crippen LogP contribution < -0.4 is 5.32 Å². The summed E-state index contributed by atoms with van der Waals surface area (Å²) in [5, 5.41) is 3.13. The second-order valence-electron chi connectivity index (χ2n) is 13.4. The van der Waals surface area contributed by atoms with Gasteiger partial charge in [0, 0.05) is 20.1 Å². The van der Waals surface area contributed by atoms with Gasteiger partial charge in [0.15, 0.2) is 0 Å². The average Bonchev–Trinajstić information content (AvgIpc) is 3.04. The minimum atomic E-state index is -0.343. The molecule has 0 unspecified atom stereocenters. The molecule has 0 heterocycles. The van der Waals surface area contributed by atoms with E-state index >= 15 is 0 Å². The summed E-state index contributed by atoms with van der Waals surface area (Å²) in [5.74, 6) is 0.152. The molecular formula is C39H77NO5. The molecule has 6 nitrogen and oxygen atoms in total. The largest absolute Gasteiger partial charge is 0.463 e. The highest BCUT2D eigenvalue weighted by atomic mass is 16.6. The zero-order chi connectivity index (χ0) is 32.9. The van der Waals surface area contributed by atoms with E-state index in [0.29, 0.717) is 25.7 Å². The van der Waals surface area contributed by atoms with Crippen molar-refractivity contribution >= 4 is 11.9 Å². The van der Waals surface area contributed by atoms with Crippen LogP contribution in [-0.4, -0.2) is 52.0 Å². The topological polar surface area (TPSA) is 73.9 Å². The number of carbonyl (C=O) groups excluding carboxylic acids is 2. The summed E-state index contributed by atoms with van der Waals surface area (Å²) >= 11 is 0. The van der Waals surface area contributed by atoms with Crippen LogP contribution in [0.5, 0.6) is 0 Å². The van der Waals surface area contributed by atoms with Gasteiger partial charge in [-0.05, 0) is 18.8 Å². The van der Waals surface area contributed by atoms with Gasteiger partial charge in [0.2, 0.25) is 5.91 Å². The van der Waals surface area contributed by atoms with Crippen LogP contribution in [0.1, 0.15) is 194 Å². The maximum absolute atomic E-state index is 12.5. The number of methoxy groups -OCH3 is 1. The molecule has 0 aliphatic rings. The molecular weight excluding hydrogens is 562 g/mol. The lowest BCUT2D eigenvalue weighted by molar-refractivity contribution is -0.146. The highest BCUT2D eigenvalue weighted by Gasteiger charge is 2.13. The van der Waals surface area contributed by atoms with Gasteiger partial charge in [-0.3, -0.25) is 9.59 Å². The van der Waals surface area contributed by atoms with Crippen molar-refractivity contribution in [2.24, 2.45) is 5.92 Å². The normalized spacial score (nSPS) is 11.4. The van der Waals surface area contributed by atoms with Crippen molar-refractivity contribution in [3.05, 3.63) is 0 Å². The summed E-state index contributed by atoms with van der Waals surface area (Å²) in [6.07, 6.45) is 35.6. The molecule has 45 heavy (non-hydrogen) atoms. The van der Waals surface area contributed by atoms with Gasteiger partial charge in [-0.1, -0.05) is 168 Å². The van der Waals surface area contributed by atoms with Crippen molar-refractivity contribution in [2.75, 3.05) is 40.1 Å². The summed E-state index contributed by atoms with van der Waals surface area (Å²) in [6, 6.07) is 0. The van der Waals surface area contributed by atoms with Crippen LogP contribution in [0.4, 0.5) is 0 Å². The Labute approximate surface area is 280 Å². The maximum atomic E-state index is 12.5. The van der Waals surface area contributed by atoms with Crippen LogP contribution in [-0.2, 0) is 23.8 Å². The van der Waals surface area contributed by atoms with E-state index < -0.39 is 0 Å². The number of esters is 1. The van der Waals surface area contributed by atoms with Crippen molar-refractivity contribution in [1.82, 2.24) is 5.32 Å². The van der Waals surface area contributed by atoms with E-state index in [-0.39, 0.29) is 31.3 Å². The number of amides is 1. The number of unbranched alkanes of at least 4 members (excludes halogenated alkanes) is 22. The Bertz CT molecular complexity index is 586. The third-order valence-electron chi connectivity index (χ3n) is 9.00. The van der Waals surface area contributed by atoms with Crippen molar-refractivity contribution in [2.45, 2.75) is 194 Å². The van der Waals surface area contributed by atoms with Gasteiger partial charge in [-0.2, -0.15) is 0 Å². The summed E-state index contributed by atoms with van der Waals surface area (Å²) in [4.78, 5) is 24.5. The molecule has 0 aliphatic heterocycles. The van der Waals surface area contributed by atoms with Gasteiger partial charge in [-0.15, -0.1) is 0 Å². The van der Waals surface area contributed by atoms with E-state index in [0.717, 1.165) is 6.54 Å². The number of ether oxygens (including phenoxy) is 3. The van der Waals surface area contributed by atoms with Crippen LogP contribution >= 0.6 is 0 Å². The molecule has 0 saturated carbocycles. The smallest absolute Gasteiger partial charge is 0.306 e. The number of hydrogen-bond donors (Lipinski definition) is 1. The first-order valence-corrected chi connectivity index (χ1v) is 19.6. The molecule has 0 aromatic carbocycles. The molecule has 0 aliphatic carbocycles. The van der Waals surface area contributed by atoms with E-state index in [1.54, 1.807) is 7.11 Å². The van der Waals surface area contributed by atoms with Crippen molar-refractivity contribution < 1.29 is 23.8 Å². The lowest BCUT2D eigenvalue weighted by atomic mass is 9.93. The molecule has 0 atom stereocenters. The Hall–Kier alpha value is -1.14. The van der Waals surface area contributed by atoms with Crippen LogP contribution in [0.15, 0.2) is 0 Å². The molecule has 0 bridgehead atoms. The van der Waals surface area contributed by atoms with Crippen molar-refractivity contribution in [1.29, 1.82) is 0 Å². The molecule has 0 saturated heterocycles. The zero-order valence-corrected chi connectivity index (χ0v) is 30.5. The number of nitrogens with one attached hydrogen (secondary N) is 1. The van der Waals surface area contributed by atoms with Crippen molar-refractivity contribution in [3.8, 4) is 0 Å². The molecule has 6 heteroatoms. The summed E-state index contributed by atoms with van der Waals surface area (Å²) in [5.41, 5.74) is 0. The number of carbonyl (C=O) groups is 2. The van der Waals surface area contributed by atoms with E-state index in [2.05, 4.69) is 19.2 Å². The minimum Gasteiger partial charge on any atom is -0.463 e. The van der Waals surface area contributed by atoms with Gasteiger partial charge in [0.1, 0.15) is 6.61 Å². The number of rotatable bonds is 37. The molecule has 0 fully saturated rings. The SMILES string of the molecule is CCCCCCCCCCCCCCC(CCCCCCCCCCCCCC)CNC(=O)CCC(=O)OCCOCCOC. The quantitative estimate of drug-likeness (QED) is 0.0541. The van der Waals surface area contributed by atoms with Crippen LogP contribution in [0.25, 0.3) is 0 Å². The fourth-order valence-corrected chi connectivity index (χ4v) is 5.99. The fraction of sp³-hybridized carbons (Fsp3) is 0.949. The first kappa shape index (κ1) is 43.9. The molecule has 0 aromatic heterocycles. The Kier molecular flexibility index (Phi) is 36.4. The Morgan fingerprint density at radius 1 is 0.511 bits per heavy atom. The van der Waals surface area contributed by atoms with E-state index in [1.807, 2.05) is 0 Å². The molecule has 0 radical (unpaired) electrons. The first-order chi connectivity index (χ1) is 22.1. The third-order valence-corrected chi connectivity index (χ3v) is 9.00. The Morgan fingerprint density at radius 3 is 1.33 bits per heavy atom.